The quantitative estimate of drug-likeness (QED) is 0.144. The Morgan fingerprint density at radius 3 is 1.29 bits per heavy atom. The summed E-state index contributed by atoms with van der Waals surface area (Å²) in [7, 11) is 0. The van der Waals surface area contributed by atoms with Crippen LogP contribution < -0.4 is 4.90 Å². The molecule has 12 rings (SSSR count). The molecule has 1 heterocycles. The molecule has 0 amide bonds. The van der Waals surface area contributed by atoms with Crippen LogP contribution in [0.2, 0.25) is 0 Å². The minimum absolute atomic E-state index is 0.00202. The lowest BCUT2D eigenvalue weighted by atomic mass is 9.78. The monoisotopic (exact) mass is 1040 g/mol. The van der Waals surface area contributed by atoms with Gasteiger partial charge in [0.1, 0.15) is 0 Å². The highest BCUT2D eigenvalue weighted by molar-refractivity contribution is 6.27. The van der Waals surface area contributed by atoms with Gasteiger partial charge in [0.15, 0.2) is 0 Å². The summed E-state index contributed by atoms with van der Waals surface area (Å²) in [6, 6.07) is 77.0. The SMILES string of the molecule is CC(C)(C)c1cc(-c2ccc(N(c3cc(C(C)(C)C)ccc3-c3cccc(-c4cc(C(C)(C)C)cc(C(C)(C)C)c4)c3)c3ccc4ccc5c(-n6c7ccccc7c7ccccc76)ccc6ccc3c4c65)cc2)cc(C(C)(C)C)c1. The lowest BCUT2D eigenvalue weighted by Gasteiger charge is -2.32. The Morgan fingerprint density at radius 2 is 0.750 bits per heavy atom. The maximum Gasteiger partial charge on any atom is 0.0543 e. The van der Waals surface area contributed by atoms with Crippen LogP contribution in [0.4, 0.5) is 17.1 Å². The van der Waals surface area contributed by atoms with E-state index in [9.17, 15) is 0 Å². The van der Waals surface area contributed by atoms with Crippen molar-refractivity contribution >= 4 is 71.2 Å². The number of aromatic nitrogens is 1. The second-order valence-corrected chi connectivity index (χ2v) is 28.0. The first-order chi connectivity index (χ1) is 37.8. The lowest BCUT2D eigenvalue weighted by molar-refractivity contribution is 0.568. The second-order valence-electron chi connectivity index (χ2n) is 28.0. The predicted molar refractivity (Wildman–Crippen MR) is 349 cm³/mol. The van der Waals surface area contributed by atoms with Crippen molar-refractivity contribution in [1.82, 2.24) is 4.57 Å². The number of nitrogens with zero attached hydrogens (tertiary/aromatic N) is 2. The fourth-order valence-electron chi connectivity index (χ4n) is 12.2. The van der Waals surface area contributed by atoms with E-state index in [1.165, 1.54) is 121 Å². The molecular formula is C78H78N2. The smallest absolute Gasteiger partial charge is 0.0543 e. The van der Waals surface area contributed by atoms with E-state index < -0.39 is 0 Å². The van der Waals surface area contributed by atoms with E-state index in [1.54, 1.807) is 0 Å². The van der Waals surface area contributed by atoms with Crippen molar-refractivity contribution < 1.29 is 0 Å². The molecule has 2 heteroatoms. The van der Waals surface area contributed by atoms with Crippen LogP contribution in [0.25, 0.3) is 93.2 Å². The van der Waals surface area contributed by atoms with Crippen LogP contribution in [0.1, 0.15) is 132 Å². The molecule has 0 aliphatic rings. The maximum atomic E-state index is 2.57. The summed E-state index contributed by atoms with van der Waals surface area (Å²) in [4.78, 5) is 2.57. The number of hydrogen-bond donors (Lipinski definition) is 0. The molecule has 0 radical (unpaired) electrons. The third-order valence-corrected chi connectivity index (χ3v) is 17.1. The van der Waals surface area contributed by atoms with E-state index >= 15 is 0 Å². The molecule has 0 aliphatic heterocycles. The van der Waals surface area contributed by atoms with Crippen molar-refractivity contribution in [1.29, 1.82) is 0 Å². The molecule has 0 spiro atoms. The molecule has 400 valence electrons. The van der Waals surface area contributed by atoms with Crippen LogP contribution in [0, 0.1) is 0 Å². The molecule has 12 aromatic rings. The van der Waals surface area contributed by atoms with Gasteiger partial charge in [0.05, 0.1) is 28.1 Å². The first-order valence-electron chi connectivity index (χ1n) is 29.0. The highest BCUT2D eigenvalue weighted by atomic mass is 15.1. The molecule has 0 aliphatic carbocycles. The normalized spacial score (nSPS) is 12.9. The van der Waals surface area contributed by atoms with Gasteiger partial charge in [-0.05, 0) is 153 Å². The Labute approximate surface area is 476 Å². The largest absolute Gasteiger partial charge is 0.309 e. The van der Waals surface area contributed by atoms with Gasteiger partial charge in [-0.1, -0.05) is 256 Å². The molecule has 80 heavy (non-hydrogen) atoms. The van der Waals surface area contributed by atoms with Crippen LogP contribution >= 0.6 is 0 Å². The Hall–Kier alpha value is -7.94. The van der Waals surface area contributed by atoms with Crippen LogP contribution in [0.5, 0.6) is 0 Å². The van der Waals surface area contributed by atoms with E-state index in [4.69, 9.17) is 0 Å². The first kappa shape index (κ1) is 52.7. The molecule has 0 saturated carbocycles. The Kier molecular flexibility index (Phi) is 12.4. The summed E-state index contributed by atoms with van der Waals surface area (Å²) < 4.78 is 2.48. The third kappa shape index (κ3) is 9.35. The molecular weight excluding hydrogens is 965 g/mol. The van der Waals surface area contributed by atoms with Crippen molar-refractivity contribution in [3.63, 3.8) is 0 Å². The van der Waals surface area contributed by atoms with E-state index in [-0.39, 0.29) is 27.1 Å². The average Bonchev–Trinajstić information content (AvgIpc) is 3.82. The van der Waals surface area contributed by atoms with Gasteiger partial charge in [0.25, 0.3) is 0 Å². The van der Waals surface area contributed by atoms with Crippen molar-refractivity contribution in [2.45, 2.75) is 131 Å². The summed E-state index contributed by atoms with van der Waals surface area (Å²) in [5.41, 5.74) is 20.9. The zero-order valence-electron chi connectivity index (χ0n) is 49.9. The van der Waals surface area contributed by atoms with Gasteiger partial charge in [-0.15, -0.1) is 0 Å². The standard InChI is InChI=1S/C78H78N2/c1-74(2,3)56-33-38-62(53-22-20-21-52(41-53)55-44-59(77(10,11)12)47-60(45-55)78(13,14)15)71(48-56)79(61-34-27-49(28-35-61)54-42-57(75(4,5)6)46-58(43-54)76(7,8)9)69-39-31-50-30-37-66-70(40-32-51-29-36-65(69)72(50)73(51)66)80-67-25-18-16-23-63(67)64-24-17-19-26-68(64)80/h16-48H,1-15H3. The summed E-state index contributed by atoms with van der Waals surface area (Å²) in [6.45, 7) is 34.9. The molecule has 0 fully saturated rings. The van der Waals surface area contributed by atoms with E-state index in [2.05, 4.69) is 314 Å². The van der Waals surface area contributed by atoms with Gasteiger partial charge in [0.2, 0.25) is 0 Å². The van der Waals surface area contributed by atoms with Gasteiger partial charge in [-0.25, -0.2) is 0 Å². The fraction of sp³-hybridized carbons (Fsp3) is 0.256. The van der Waals surface area contributed by atoms with Gasteiger partial charge >= 0.3 is 0 Å². The van der Waals surface area contributed by atoms with Crippen LogP contribution in [0.3, 0.4) is 0 Å². The van der Waals surface area contributed by atoms with E-state index in [0.717, 1.165) is 17.1 Å². The molecule has 11 aromatic carbocycles. The molecule has 0 bridgehead atoms. The predicted octanol–water partition coefficient (Wildman–Crippen LogP) is 22.6. The molecule has 1 aromatic heterocycles. The van der Waals surface area contributed by atoms with Gasteiger partial charge in [-0.2, -0.15) is 0 Å². The molecule has 0 atom stereocenters. The minimum Gasteiger partial charge on any atom is -0.309 e. The number of anilines is 3. The molecule has 0 saturated heterocycles. The first-order valence-corrected chi connectivity index (χ1v) is 29.0. The summed E-state index contributed by atoms with van der Waals surface area (Å²) in [5, 5.41) is 10.0. The van der Waals surface area contributed by atoms with Crippen LogP contribution in [0.15, 0.2) is 200 Å². The topological polar surface area (TPSA) is 8.17 Å². The average molecular weight is 1040 g/mol. The van der Waals surface area contributed by atoms with Crippen molar-refractivity contribution in [3.05, 3.63) is 228 Å². The van der Waals surface area contributed by atoms with E-state index in [0.29, 0.717) is 0 Å². The highest BCUT2D eigenvalue weighted by Crippen LogP contribution is 2.50. The van der Waals surface area contributed by atoms with Crippen molar-refractivity contribution in [2.75, 3.05) is 4.90 Å². The highest BCUT2D eigenvalue weighted by Gasteiger charge is 2.28. The van der Waals surface area contributed by atoms with E-state index in [1.807, 2.05) is 0 Å². The van der Waals surface area contributed by atoms with Gasteiger partial charge < -0.3 is 9.47 Å². The van der Waals surface area contributed by atoms with Crippen LogP contribution in [-0.2, 0) is 27.1 Å². The molecule has 0 N–H and O–H groups in total. The lowest BCUT2D eigenvalue weighted by Crippen LogP contribution is -2.16. The number of rotatable bonds is 7. The Morgan fingerprint density at radius 1 is 0.287 bits per heavy atom. The van der Waals surface area contributed by atoms with Crippen molar-refractivity contribution in [3.8, 4) is 39.1 Å². The van der Waals surface area contributed by atoms with Gasteiger partial charge in [0, 0.05) is 32.8 Å². The fourth-order valence-corrected chi connectivity index (χ4v) is 12.2. The summed E-state index contributed by atoms with van der Waals surface area (Å²) >= 11 is 0. The molecule has 0 unspecified atom stereocenters. The Bertz CT molecular complexity index is 4230. The Balaban J connectivity index is 1.12. The number of para-hydroxylation sites is 2. The number of hydrogen-bond acceptors (Lipinski definition) is 1. The third-order valence-electron chi connectivity index (χ3n) is 17.1. The summed E-state index contributed by atoms with van der Waals surface area (Å²) in [6.07, 6.45) is 0. The maximum absolute atomic E-state index is 2.57. The number of benzene rings is 11. The zero-order valence-corrected chi connectivity index (χ0v) is 49.9. The summed E-state index contributed by atoms with van der Waals surface area (Å²) in [5.74, 6) is 0. The van der Waals surface area contributed by atoms with Crippen molar-refractivity contribution in [2.24, 2.45) is 0 Å². The molecule has 2 nitrogen and oxygen atoms in total. The minimum atomic E-state index is -0.115. The van der Waals surface area contributed by atoms with Crippen LogP contribution in [-0.4, -0.2) is 4.57 Å². The zero-order chi connectivity index (χ0) is 56.4. The number of fused-ring (bicyclic) bond motifs is 3. The second kappa shape index (κ2) is 18.8. The van der Waals surface area contributed by atoms with Gasteiger partial charge in [-0.3, -0.25) is 0 Å².